The van der Waals surface area contributed by atoms with E-state index in [2.05, 4.69) is 46.8 Å². The van der Waals surface area contributed by atoms with Crippen molar-refractivity contribution in [2.24, 2.45) is 23.2 Å². The van der Waals surface area contributed by atoms with Crippen LogP contribution in [0.4, 0.5) is 0 Å². The molecule has 3 rings (SSSR count). The van der Waals surface area contributed by atoms with Gasteiger partial charge in [-0.3, -0.25) is 0 Å². The molecule has 108 valence electrons. The first-order chi connectivity index (χ1) is 8.91. The lowest BCUT2D eigenvalue weighted by Gasteiger charge is -2.52. The van der Waals surface area contributed by atoms with Crippen molar-refractivity contribution < 1.29 is 5.11 Å². The molecular weight excluding hydrogens is 232 g/mol. The van der Waals surface area contributed by atoms with E-state index in [-0.39, 0.29) is 6.10 Å². The number of aliphatic hydroxyl groups excluding tert-OH is 1. The standard InChI is InChI=1S/C18H30O/c1-6-16(19)12(3)9-15-10-14-8-13(4)17(15)18(5,7-2)11-14/h8-9,14-17,19H,6-7,10-11H2,1-5H3. The van der Waals surface area contributed by atoms with Gasteiger partial charge in [0.2, 0.25) is 0 Å². The molecule has 1 N–H and O–H groups in total. The van der Waals surface area contributed by atoms with E-state index in [0.29, 0.717) is 17.3 Å². The molecular formula is C18H30O. The van der Waals surface area contributed by atoms with E-state index in [1.807, 2.05) is 0 Å². The van der Waals surface area contributed by atoms with Crippen LogP contribution in [0, 0.1) is 23.2 Å². The molecule has 1 saturated carbocycles. The highest BCUT2D eigenvalue weighted by atomic mass is 16.3. The molecule has 0 amide bonds. The van der Waals surface area contributed by atoms with Crippen molar-refractivity contribution in [3.8, 4) is 0 Å². The fourth-order valence-electron chi connectivity index (χ4n) is 4.60. The van der Waals surface area contributed by atoms with E-state index in [0.717, 1.165) is 12.3 Å². The minimum atomic E-state index is -0.252. The summed E-state index contributed by atoms with van der Waals surface area (Å²) in [7, 11) is 0. The largest absolute Gasteiger partial charge is 0.389 e. The molecule has 2 bridgehead atoms. The molecule has 0 spiro atoms. The van der Waals surface area contributed by atoms with Crippen LogP contribution in [-0.2, 0) is 0 Å². The van der Waals surface area contributed by atoms with Gasteiger partial charge in [-0.25, -0.2) is 0 Å². The highest BCUT2D eigenvalue weighted by Crippen LogP contribution is 2.56. The molecule has 0 aliphatic heterocycles. The monoisotopic (exact) mass is 262 g/mol. The lowest BCUT2D eigenvalue weighted by Crippen LogP contribution is -2.43. The van der Waals surface area contributed by atoms with Gasteiger partial charge in [0.05, 0.1) is 6.10 Å². The van der Waals surface area contributed by atoms with E-state index in [1.165, 1.54) is 24.8 Å². The predicted molar refractivity (Wildman–Crippen MR) is 81.9 cm³/mol. The molecule has 5 unspecified atom stereocenters. The van der Waals surface area contributed by atoms with Gasteiger partial charge in [-0.1, -0.05) is 44.9 Å². The normalized spacial score (nSPS) is 40.2. The van der Waals surface area contributed by atoms with E-state index in [4.69, 9.17) is 0 Å². The molecule has 0 heterocycles. The number of hydrogen-bond acceptors (Lipinski definition) is 1. The zero-order chi connectivity index (χ0) is 14.2. The van der Waals surface area contributed by atoms with Crippen LogP contribution in [0.3, 0.4) is 0 Å². The quantitative estimate of drug-likeness (QED) is 0.727. The summed E-state index contributed by atoms with van der Waals surface area (Å²) in [6.45, 7) is 11.3. The van der Waals surface area contributed by atoms with Crippen LogP contribution in [0.25, 0.3) is 0 Å². The molecule has 1 nitrogen and oxygen atoms in total. The van der Waals surface area contributed by atoms with E-state index < -0.39 is 0 Å². The Morgan fingerprint density at radius 2 is 2.21 bits per heavy atom. The number of rotatable bonds is 4. The molecule has 0 aromatic heterocycles. The molecule has 1 heteroatoms. The first kappa shape index (κ1) is 14.8. The number of hydrogen-bond donors (Lipinski definition) is 1. The van der Waals surface area contributed by atoms with Crippen molar-refractivity contribution in [1.82, 2.24) is 0 Å². The van der Waals surface area contributed by atoms with Gasteiger partial charge in [-0.05, 0) is 61.9 Å². The van der Waals surface area contributed by atoms with Crippen molar-refractivity contribution >= 4 is 0 Å². The SMILES string of the molecule is CCC(O)C(C)=CC1CC2C=C(C)C1C(C)(CC)C2. The average Bonchev–Trinajstić information content (AvgIpc) is 2.36. The van der Waals surface area contributed by atoms with Gasteiger partial charge < -0.3 is 5.11 Å². The van der Waals surface area contributed by atoms with Crippen molar-refractivity contribution in [1.29, 1.82) is 0 Å². The lowest BCUT2D eigenvalue weighted by atomic mass is 9.52. The molecule has 1 fully saturated rings. The maximum absolute atomic E-state index is 10.00. The van der Waals surface area contributed by atoms with Crippen molar-refractivity contribution in [3.05, 3.63) is 23.3 Å². The maximum Gasteiger partial charge on any atom is 0.0744 e. The summed E-state index contributed by atoms with van der Waals surface area (Å²) in [5.74, 6) is 2.07. The third-order valence-corrected chi connectivity index (χ3v) is 5.67. The molecule has 3 aliphatic rings. The van der Waals surface area contributed by atoms with Crippen LogP contribution >= 0.6 is 0 Å². The topological polar surface area (TPSA) is 20.2 Å². The minimum absolute atomic E-state index is 0.252. The van der Waals surface area contributed by atoms with E-state index in [1.54, 1.807) is 5.57 Å². The molecule has 0 radical (unpaired) electrons. The second kappa shape index (κ2) is 5.44. The number of allylic oxidation sites excluding steroid dienone is 3. The third kappa shape index (κ3) is 2.67. The summed E-state index contributed by atoms with van der Waals surface area (Å²) >= 11 is 0. The van der Waals surface area contributed by atoms with Crippen LogP contribution in [0.2, 0.25) is 0 Å². The van der Waals surface area contributed by atoms with Crippen LogP contribution in [0.1, 0.15) is 60.3 Å². The maximum atomic E-state index is 10.00. The van der Waals surface area contributed by atoms with Crippen LogP contribution in [-0.4, -0.2) is 11.2 Å². The second-order valence-electron chi connectivity index (χ2n) is 7.09. The van der Waals surface area contributed by atoms with Crippen molar-refractivity contribution in [3.63, 3.8) is 0 Å². The molecule has 0 aromatic rings. The Labute approximate surface area is 118 Å². The van der Waals surface area contributed by atoms with Gasteiger partial charge in [-0.15, -0.1) is 0 Å². The second-order valence-corrected chi connectivity index (χ2v) is 7.09. The summed E-state index contributed by atoms with van der Waals surface area (Å²) in [5, 5.41) is 10.00. The molecule has 0 saturated heterocycles. The highest BCUT2D eigenvalue weighted by molar-refractivity contribution is 5.25. The minimum Gasteiger partial charge on any atom is -0.389 e. The Morgan fingerprint density at radius 3 is 2.74 bits per heavy atom. The lowest BCUT2D eigenvalue weighted by molar-refractivity contribution is 0.0581. The summed E-state index contributed by atoms with van der Waals surface area (Å²) in [6, 6.07) is 0. The Hall–Kier alpha value is -0.560. The van der Waals surface area contributed by atoms with E-state index >= 15 is 0 Å². The molecule has 5 atom stereocenters. The average molecular weight is 262 g/mol. The summed E-state index contributed by atoms with van der Waals surface area (Å²) < 4.78 is 0. The Kier molecular flexibility index (Phi) is 4.25. The predicted octanol–water partition coefficient (Wildman–Crippen LogP) is 4.72. The molecule has 19 heavy (non-hydrogen) atoms. The van der Waals surface area contributed by atoms with Crippen molar-refractivity contribution in [2.75, 3.05) is 0 Å². The van der Waals surface area contributed by atoms with Crippen LogP contribution < -0.4 is 0 Å². The van der Waals surface area contributed by atoms with Crippen LogP contribution in [0.5, 0.6) is 0 Å². The smallest absolute Gasteiger partial charge is 0.0744 e. The fourth-order valence-corrected chi connectivity index (χ4v) is 4.60. The first-order valence-corrected chi connectivity index (χ1v) is 7.96. The fraction of sp³-hybridized carbons (Fsp3) is 0.778. The Morgan fingerprint density at radius 1 is 1.53 bits per heavy atom. The van der Waals surface area contributed by atoms with Gasteiger partial charge in [0.15, 0.2) is 0 Å². The van der Waals surface area contributed by atoms with Gasteiger partial charge >= 0.3 is 0 Å². The number of aliphatic hydroxyl groups is 1. The van der Waals surface area contributed by atoms with Crippen molar-refractivity contribution in [2.45, 2.75) is 66.4 Å². The van der Waals surface area contributed by atoms with Gasteiger partial charge in [0.25, 0.3) is 0 Å². The Balaban J connectivity index is 2.27. The molecule has 0 aromatic carbocycles. The summed E-state index contributed by atoms with van der Waals surface area (Å²) in [6.07, 6.45) is 9.36. The van der Waals surface area contributed by atoms with Gasteiger partial charge in [-0.2, -0.15) is 0 Å². The van der Waals surface area contributed by atoms with E-state index in [9.17, 15) is 5.11 Å². The number of fused-ring (bicyclic) bond motifs is 2. The zero-order valence-electron chi connectivity index (χ0n) is 13.2. The summed E-state index contributed by atoms with van der Waals surface area (Å²) in [5.41, 5.74) is 3.22. The summed E-state index contributed by atoms with van der Waals surface area (Å²) in [4.78, 5) is 0. The Bertz CT molecular complexity index is 392. The highest BCUT2D eigenvalue weighted by Gasteiger charge is 2.47. The van der Waals surface area contributed by atoms with Gasteiger partial charge in [0.1, 0.15) is 0 Å². The molecule has 3 aliphatic carbocycles. The van der Waals surface area contributed by atoms with Crippen LogP contribution in [0.15, 0.2) is 23.3 Å². The third-order valence-electron chi connectivity index (χ3n) is 5.67. The first-order valence-electron chi connectivity index (χ1n) is 7.96. The van der Waals surface area contributed by atoms with Gasteiger partial charge in [0, 0.05) is 0 Å². The zero-order valence-corrected chi connectivity index (χ0v) is 13.2.